The average molecular weight is 237 g/mol. The predicted octanol–water partition coefficient (Wildman–Crippen LogP) is 1.89. The summed E-state index contributed by atoms with van der Waals surface area (Å²) in [7, 11) is 0. The number of rotatable bonds is 2. The standard InChI is InChI=1S/C8H7NO2.C4H8O2/c10-8-5-11-7-4-2-1-3-6(7)9-8;1-2-3-4(5)6/h1-4H,5H2,(H,9,10);2-3H2,1H3,(H,5,6). The van der Waals surface area contributed by atoms with E-state index >= 15 is 0 Å². The second-order valence-electron chi connectivity index (χ2n) is 3.48. The second-order valence-corrected chi connectivity index (χ2v) is 3.48. The Labute approximate surface area is 99.4 Å². The van der Waals surface area contributed by atoms with Gasteiger partial charge in [0.25, 0.3) is 5.91 Å². The first-order valence-corrected chi connectivity index (χ1v) is 5.37. The van der Waals surface area contributed by atoms with E-state index in [1.54, 1.807) is 0 Å². The highest BCUT2D eigenvalue weighted by Crippen LogP contribution is 2.25. The van der Waals surface area contributed by atoms with E-state index in [0.29, 0.717) is 6.42 Å². The van der Waals surface area contributed by atoms with E-state index < -0.39 is 5.97 Å². The quantitative estimate of drug-likeness (QED) is 0.823. The minimum absolute atomic E-state index is 0.0938. The summed E-state index contributed by atoms with van der Waals surface area (Å²) in [6.07, 6.45) is 1.02. The number of fused-ring (bicyclic) bond motifs is 1. The zero-order valence-electron chi connectivity index (χ0n) is 9.60. The number of anilines is 1. The molecule has 2 rings (SSSR count). The van der Waals surface area contributed by atoms with Crippen molar-refractivity contribution in [1.29, 1.82) is 0 Å². The van der Waals surface area contributed by atoms with Crippen LogP contribution in [0.3, 0.4) is 0 Å². The second kappa shape index (κ2) is 6.52. The van der Waals surface area contributed by atoms with Gasteiger partial charge in [-0.25, -0.2) is 0 Å². The number of carbonyl (C=O) groups is 2. The summed E-state index contributed by atoms with van der Waals surface area (Å²) < 4.78 is 5.12. The Balaban J connectivity index is 0.000000209. The van der Waals surface area contributed by atoms with Crippen molar-refractivity contribution in [3.05, 3.63) is 24.3 Å². The monoisotopic (exact) mass is 237 g/mol. The first-order valence-electron chi connectivity index (χ1n) is 5.37. The minimum Gasteiger partial charge on any atom is -0.482 e. The van der Waals surface area contributed by atoms with E-state index in [4.69, 9.17) is 9.84 Å². The van der Waals surface area contributed by atoms with Crippen LogP contribution < -0.4 is 10.1 Å². The van der Waals surface area contributed by atoms with Gasteiger partial charge >= 0.3 is 5.97 Å². The molecular formula is C12H15NO4. The number of carboxylic acid groups (broad SMARTS) is 1. The fourth-order valence-corrected chi connectivity index (χ4v) is 1.24. The predicted molar refractivity (Wildman–Crippen MR) is 63.1 cm³/mol. The molecule has 0 unspecified atom stereocenters. The van der Waals surface area contributed by atoms with Crippen molar-refractivity contribution in [1.82, 2.24) is 0 Å². The molecule has 0 bridgehead atoms. The zero-order valence-corrected chi connectivity index (χ0v) is 9.60. The van der Waals surface area contributed by atoms with Crippen LogP contribution in [0.5, 0.6) is 5.75 Å². The first kappa shape index (κ1) is 13.0. The Morgan fingerprint density at radius 2 is 2.18 bits per heavy atom. The largest absolute Gasteiger partial charge is 0.482 e. The third-order valence-electron chi connectivity index (χ3n) is 1.98. The van der Waals surface area contributed by atoms with Crippen molar-refractivity contribution in [2.45, 2.75) is 19.8 Å². The van der Waals surface area contributed by atoms with Gasteiger partial charge in [-0.1, -0.05) is 19.1 Å². The molecule has 0 saturated carbocycles. The Bertz CT molecular complexity index is 403. The third kappa shape index (κ3) is 4.55. The summed E-state index contributed by atoms with van der Waals surface area (Å²) >= 11 is 0. The van der Waals surface area contributed by atoms with Gasteiger partial charge in [-0.15, -0.1) is 0 Å². The SMILES string of the molecule is CCCC(=O)O.O=C1COc2ccccc2N1. The number of amides is 1. The number of hydrogen-bond donors (Lipinski definition) is 2. The van der Waals surface area contributed by atoms with Crippen molar-refractivity contribution in [3.63, 3.8) is 0 Å². The number of benzene rings is 1. The maximum Gasteiger partial charge on any atom is 0.303 e. The van der Waals surface area contributed by atoms with Crippen LogP contribution >= 0.6 is 0 Å². The Morgan fingerprint density at radius 3 is 2.76 bits per heavy atom. The highest BCUT2D eigenvalue weighted by Gasteiger charge is 2.13. The molecule has 2 N–H and O–H groups in total. The first-order chi connectivity index (χ1) is 8.13. The molecule has 0 radical (unpaired) electrons. The molecule has 0 aromatic heterocycles. The van der Waals surface area contributed by atoms with Crippen molar-refractivity contribution < 1.29 is 19.4 Å². The van der Waals surface area contributed by atoms with Gasteiger partial charge in [-0.05, 0) is 18.6 Å². The lowest BCUT2D eigenvalue weighted by atomic mass is 10.2. The number of carbonyl (C=O) groups excluding carboxylic acids is 1. The molecule has 0 spiro atoms. The van der Waals surface area contributed by atoms with Crippen molar-refractivity contribution in [2.75, 3.05) is 11.9 Å². The van der Waals surface area contributed by atoms with Gasteiger partial charge in [-0.3, -0.25) is 9.59 Å². The lowest BCUT2D eigenvalue weighted by Gasteiger charge is -2.16. The summed E-state index contributed by atoms with van der Waals surface area (Å²) in [6.45, 7) is 1.96. The lowest BCUT2D eigenvalue weighted by Crippen LogP contribution is -2.25. The Hall–Kier alpha value is -2.04. The van der Waals surface area contributed by atoms with Gasteiger partial charge in [0.1, 0.15) is 5.75 Å². The van der Waals surface area contributed by atoms with Crippen molar-refractivity contribution >= 4 is 17.6 Å². The molecule has 1 aromatic rings. The van der Waals surface area contributed by atoms with E-state index in [9.17, 15) is 9.59 Å². The van der Waals surface area contributed by atoms with Crippen LogP contribution in [0, 0.1) is 0 Å². The van der Waals surface area contributed by atoms with Gasteiger partial charge in [0.05, 0.1) is 5.69 Å². The average Bonchev–Trinajstić information content (AvgIpc) is 2.29. The van der Waals surface area contributed by atoms with Gasteiger partial charge in [0.2, 0.25) is 0 Å². The normalized spacial score (nSPS) is 12.4. The summed E-state index contributed by atoms with van der Waals surface area (Å²) in [4.78, 5) is 20.4. The van der Waals surface area contributed by atoms with E-state index in [-0.39, 0.29) is 12.5 Å². The van der Waals surface area contributed by atoms with Gasteiger partial charge < -0.3 is 15.2 Å². The number of ether oxygens (including phenoxy) is 1. The number of para-hydroxylation sites is 2. The molecule has 1 aliphatic heterocycles. The van der Waals surface area contributed by atoms with Crippen LogP contribution in [0.1, 0.15) is 19.8 Å². The molecule has 0 atom stereocenters. The topological polar surface area (TPSA) is 75.6 Å². The fourth-order valence-electron chi connectivity index (χ4n) is 1.24. The van der Waals surface area contributed by atoms with Gasteiger partial charge in [0, 0.05) is 6.42 Å². The molecule has 5 heteroatoms. The number of carboxylic acids is 1. The molecule has 5 nitrogen and oxygen atoms in total. The Kier molecular flexibility index (Phi) is 5.00. The van der Waals surface area contributed by atoms with Crippen LogP contribution in [0.4, 0.5) is 5.69 Å². The zero-order chi connectivity index (χ0) is 12.7. The molecule has 1 heterocycles. The minimum atomic E-state index is -0.711. The lowest BCUT2D eigenvalue weighted by molar-refractivity contribution is -0.137. The van der Waals surface area contributed by atoms with Gasteiger partial charge in [0.15, 0.2) is 6.61 Å². The molecule has 1 aromatic carbocycles. The van der Waals surface area contributed by atoms with Crippen LogP contribution in [0.25, 0.3) is 0 Å². The van der Waals surface area contributed by atoms with Crippen LogP contribution in [0.15, 0.2) is 24.3 Å². The smallest absolute Gasteiger partial charge is 0.303 e. The van der Waals surface area contributed by atoms with E-state index in [2.05, 4.69) is 5.32 Å². The molecule has 17 heavy (non-hydrogen) atoms. The summed E-state index contributed by atoms with van der Waals surface area (Å²) in [5, 5.41) is 10.6. The van der Waals surface area contributed by atoms with Crippen LogP contribution in [0.2, 0.25) is 0 Å². The summed E-state index contributed by atoms with van der Waals surface area (Å²) in [5.74, 6) is -0.0618. The van der Waals surface area contributed by atoms with Crippen molar-refractivity contribution in [3.8, 4) is 5.75 Å². The van der Waals surface area contributed by atoms with E-state index in [1.165, 1.54) is 0 Å². The number of hydrogen-bond acceptors (Lipinski definition) is 3. The Morgan fingerprint density at radius 1 is 1.47 bits per heavy atom. The van der Waals surface area contributed by atoms with Crippen LogP contribution in [-0.2, 0) is 9.59 Å². The summed E-state index contributed by atoms with van der Waals surface area (Å²) in [6, 6.07) is 7.37. The highest BCUT2D eigenvalue weighted by atomic mass is 16.5. The van der Waals surface area contributed by atoms with Gasteiger partial charge in [-0.2, -0.15) is 0 Å². The van der Waals surface area contributed by atoms with E-state index in [0.717, 1.165) is 17.9 Å². The maximum atomic E-state index is 10.8. The third-order valence-corrected chi connectivity index (χ3v) is 1.98. The molecule has 92 valence electrons. The molecule has 1 amide bonds. The van der Waals surface area contributed by atoms with Crippen molar-refractivity contribution in [2.24, 2.45) is 0 Å². The highest BCUT2D eigenvalue weighted by molar-refractivity contribution is 5.95. The molecule has 0 fully saturated rings. The molecular weight excluding hydrogens is 222 g/mol. The maximum absolute atomic E-state index is 10.8. The molecule has 0 saturated heterocycles. The number of nitrogens with one attached hydrogen (secondary N) is 1. The van der Waals surface area contributed by atoms with E-state index in [1.807, 2.05) is 31.2 Å². The van der Waals surface area contributed by atoms with Crippen LogP contribution in [-0.4, -0.2) is 23.6 Å². The number of aliphatic carboxylic acids is 1. The molecule has 0 aliphatic carbocycles. The summed E-state index contributed by atoms with van der Waals surface area (Å²) in [5.41, 5.74) is 0.753. The fraction of sp³-hybridized carbons (Fsp3) is 0.333. The molecule has 1 aliphatic rings.